The Morgan fingerprint density at radius 2 is 2.17 bits per heavy atom. The van der Waals surface area contributed by atoms with E-state index >= 15 is 0 Å². The van der Waals surface area contributed by atoms with Crippen LogP contribution >= 0.6 is 0 Å². The van der Waals surface area contributed by atoms with E-state index in [1.807, 2.05) is 6.07 Å². The third kappa shape index (κ3) is 3.45. The first-order valence-corrected chi connectivity index (χ1v) is 6.98. The lowest BCUT2D eigenvalue weighted by molar-refractivity contribution is 0.131. The SMILES string of the molecule is CCCC1CCCCN1Cc1cc(N)cc(F)c1. The average Bonchev–Trinajstić information content (AvgIpc) is 2.30. The molecule has 18 heavy (non-hydrogen) atoms. The van der Waals surface area contributed by atoms with Crippen LogP contribution in [0.5, 0.6) is 0 Å². The number of anilines is 1. The monoisotopic (exact) mass is 250 g/mol. The molecule has 1 atom stereocenters. The highest BCUT2D eigenvalue weighted by Gasteiger charge is 2.21. The Hall–Kier alpha value is -1.09. The van der Waals surface area contributed by atoms with Crippen molar-refractivity contribution in [2.24, 2.45) is 0 Å². The molecule has 2 nitrogen and oxygen atoms in total. The number of hydrogen-bond donors (Lipinski definition) is 1. The quantitative estimate of drug-likeness (QED) is 0.828. The molecule has 0 amide bonds. The van der Waals surface area contributed by atoms with Gasteiger partial charge < -0.3 is 5.73 Å². The van der Waals surface area contributed by atoms with Crippen LogP contribution in [0.3, 0.4) is 0 Å². The zero-order valence-corrected chi connectivity index (χ0v) is 11.2. The van der Waals surface area contributed by atoms with Gasteiger partial charge in [-0.3, -0.25) is 4.90 Å². The van der Waals surface area contributed by atoms with Crippen LogP contribution in [0.4, 0.5) is 10.1 Å². The second-order valence-electron chi connectivity index (χ2n) is 5.30. The van der Waals surface area contributed by atoms with Gasteiger partial charge in [-0.15, -0.1) is 0 Å². The highest BCUT2D eigenvalue weighted by Crippen LogP contribution is 2.23. The second kappa shape index (κ2) is 6.19. The van der Waals surface area contributed by atoms with E-state index in [4.69, 9.17) is 5.73 Å². The van der Waals surface area contributed by atoms with E-state index in [2.05, 4.69) is 11.8 Å². The molecule has 1 unspecified atom stereocenters. The van der Waals surface area contributed by atoms with Crippen molar-refractivity contribution in [3.05, 3.63) is 29.6 Å². The fourth-order valence-corrected chi connectivity index (χ4v) is 2.93. The number of nitrogens with two attached hydrogens (primary N) is 1. The lowest BCUT2D eigenvalue weighted by atomic mass is 9.97. The Morgan fingerprint density at radius 3 is 2.89 bits per heavy atom. The van der Waals surface area contributed by atoms with Crippen LogP contribution in [0.25, 0.3) is 0 Å². The van der Waals surface area contributed by atoms with Crippen LogP contribution < -0.4 is 5.73 Å². The number of halogens is 1. The van der Waals surface area contributed by atoms with E-state index in [-0.39, 0.29) is 5.82 Å². The molecule has 0 bridgehead atoms. The Balaban J connectivity index is 2.05. The maximum absolute atomic E-state index is 13.3. The summed E-state index contributed by atoms with van der Waals surface area (Å²) in [5.41, 5.74) is 7.22. The summed E-state index contributed by atoms with van der Waals surface area (Å²) in [6, 6.07) is 5.53. The molecule has 2 rings (SSSR count). The molecular weight excluding hydrogens is 227 g/mol. The van der Waals surface area contributed by atoms with Crippen molar-refractivity contribution >= 4 is 5.69 Å². The Kier molecular flexibility index (Phi) is 4.59. The van der Waals surface area contributed by atoms with Gasteiger partial charge in [-0.25, -0.2) is 4.39 Å². The molecule has 100 valence electrons. The molecule has 1 fully saturated rings. The molecule has 0 aliphatic carbocycles. The van der Waals surface area contributed by atoms with Crippen LogP contribution in [0.1, 0.15) is 44.6 Å². The van der Waals surface area contributed by atoms with E-state index in [9.17, 15) is 4.39 Å². The topological polar surface area (TPSA) is 29.3 Å². The van der Waals surface area contributed by atoms with Gasteiger partial charge in [0.15, 0.2) is 0 Å². The average molecular weight is 250 g/mol. The van der Waals surface area contributed by atoms with Crippen molar-refractivity contribution in [2.75, 3.05) is 12.3 Å². The van der Waals surface area contributed by atoms with Crippen molar-refractivity contribution in [1.29, 1.82) is 0 Å². The number of nitrogens with zero attached hydrogens (tertiary/aromatic N) is 1. The minimum Gasteiger partial charge on any atom is -0.399 e. The standard InChI is InChI=1S/C15H23FN2/c1-2-5-15-6-3-4-7-18(15)11-12-8-13(16)10-14(17)9-12/h8-10,15H,2-7,11,17H2,1H3. The Bertz CT molecular complexity index is 370. The van der Waals surface area contributed by atoms with Gasteiger partial charge in [-0.2, -0.15) is 0 Å². The number of hydrogen-bond acceptors (Lipinski definition) is 2. The van der Waals surface area contributed by atoms with Crippen LogP contribution in [-0.2, 0) is 6.54 Å². The lowest BCUT2D eigenvalue weighted by Gasteiger charge is -2.35. The third-order valence-electron chi connectivity index (χ3n) is 3.74. The molecule has 0 saturated carbocycles. The molecule has 1 heterocycles. The summed E-state index contributed by atoms with van der Waals surface area (Å²) >= 11 is 0. The van der Waals surface area contributed by atoms with Gasteiger partial charge in [0.25, 0.3) is 0 Å². The first-order valence-electron chi connectivity index (χ1n) is 6.98. The molecule has 0 aromatic heterocycles. The summed E-state index contributed by atoms with van der Waals surface area (Å²) in [5.74, 6) is -0.228. The Morgan fingerprint density at radius 1 is 1.33 bits per heavy atom. The molecule has 0 radical (unpaired) electrons. The molecule has 3 heteroatoms. The number of benzene rings is 1. The minimum atomic E-state index is -0.228. The van der Waals surface area contributed by atoms with E-state index in [0.717, 1.165) is 18.7 Å². The number of nitrogen functional groups attached to an aromatic ring is 1. The molecule has 1 aromatic rings. The van der Waals surface area contributed by atoms with Crippen LogP contribution in [0.2, 0.25) is 0 Å². The molecule has 0 spiro atoms. The summed E-state index contributed by atoms with van der Waals surface area (Å²) in [6.45, 7) is 4.18. The van der Waals surface area contributed by atoms with E-state index < -0.39 is 0 Å². The predicted molar refractivity (Wildman–Crippen MR) is 73.8 cm³/mol. The molecular formula is C15H23FN2. The second-order valence-corrected chi connectivity index (χ2v) is 5.30. The molecule has 1 saturated heterocycles. The first-order chi connectivity index (χ1) is 8.69. The van der Waals surface area contributed by atoms with Crippen molar-refractivity contribution in [3.63, 3.8) is 0 Å². The van der Waals surface area contributed by atoms with Gasteiger partial charge in [0.1, 0.15) is 5.82 Å². The van der Waals surface area contributed by atoms with Crippen LogP contribution in [0, 0.1) is 5.82 Å². The largest absolute Gasteiger partial charge is 0.399 e. The number of likely N-dealkylation sites (tertiary alicyclic amines) is 1. The normalized spacial score (nSPS) is 21.1. The summed E-state index contributed by atoms with van der Waals surface area (Å²) in [7, 11) is 0. The smallest absolute Gasteiger partial charge is 0.125 e. The molecule has 2 N–H and O–H groups in total. The summed E-state index contributed by atoms with van der Waals surface area (Å²) in [6.07, 6.45) is 6.31. The van der Waals surface area contributed by atoms with Gasteiger partial charge in [0.2, 0.25) is 0 Å². The van der Waals surface area contributed by atoms with Crippen molar-refractivity contribution in [3.8, 4) is 0 Å². The van der Waals surface area contributed by atoms with Crippen molar-refractivity contribution < 1.29 is 4.39 Å². The third-order valence-corrected chi connectivity index (χ3v) is 3.74. The summed E-state index contributed by atoms with van der Waals surface area (Å²) in [5, 5.41) is 0. The summed E-state index contributed by atoms with van der Waals surface area (Å²) < 4.78 is 13.3. The van der Waals surface area contributed by atoms with E-state index in [0.29, 0.717) is 11.7 Å². The minimum absolute atomic E-state index is 0.228. The molecule has 1 aliphatic heterocycles. The maximum Gasteiger partial charge on any atom is 0.125 e. The van der Waals surface area contributed by atoms with Gasteiger partial charge in [0, 0.05) is 18.3 Å². The van der Waals surface area contributed by atoms with E-state index in [1.165, 1.54) is 38.2 Å². The highest BCUT2D eigenvalue weighted by molar-refractivity contribution is 5.41. The lowest BCUT2D eigenvalue weighted by Crippen LogP contribution is -2.38. The zero-order valence-electron chi connectivity index (χ0n) is 11.2. The Labute approximate surface area is 109 Å². The highest BCUT2D eigenvalue weighted by atomic mass is 19.1. The zero-order chi connectivity index (χ0) is 13.0. The predicted octanol–water partition coefficient (Wildman–Crippen LogP) is 3.56. The maximum atomic E-state index is 13.3. The van der Waals surface area contributed by atoms with Gasteiger partial charge in [-0.1, -0.05) is 19.8 Å². The van der Waals surface area contributed by atoms with Crippen molar-refractivity contribution in [1.82, 2.24) is 4.90 Å². The van der Waals surface area contributed by atoms with E-state index in [1.54, 1.807) is 6.07 Å². The van der Waals surface area contributed by atoms with Gasteiger partial charge >= 0.3 is 0 Å². The molecule has 1 aromatic carbocycles. The first kappa shape index (κ1) is 13.3. The molecule has 1 aliphatic rings. The summed E-state index contributed by atoms with van der Waals surface area (Å²) in [4.78, 5) is 2.49. The number of rotatable bonds is 4. The van der Waals surface area contributed by atoms with Crippen LogP contribution in [0.15, 0.2) is 18.2 Å². The van der Waals surface area contributed by atoms with Crippen LogP contribution in [-0.4, -0.2) is 17.5 Å². The fraction of sp³-hybridized carbons (Fsp3) is 0.600. The fourth-order valence-electron chi connectivity index (χ4n) is 2.93. The number of piperidine rings is 1. The van der Waals surface area contributed by atoms with Crippen molar-refractivity contribution in [2.45, 2.75) is 51.6 Å². The van der Waals surface area contributed by atoms with Gasteiger partial charge in [-0.05, 0) is 49.6 Å². The van der Waals surface area contributed by atoms with Gasteiger partial charge in [0.05, 0.1) is 0 Å².